The Hall–Kier alpha value is -2.02. The monoisotopic (exact) mass is 359 g/mol. The van der Waals surface area contributed by atoms with Crippen molar-refractivity contribution >= 4 is 27.5 Å². The first-order valence-corrected chi connectivity index (χ1v) is 6.89. The Balaban J connectivity index is 2.32. The van der Waals surface area contributed by atoms with E-state index in [1.807, 2.05) is 0 Å². The summed E-state index contributed by atoms with van der Waals surface area (Å²) < 4.78 is 39.7. The van der Waals surface area contributed by atoms with E-state index < -0.39 is 34.7 Å². The van der Waals surface area contributed by atoms with Crippen LogP contribution in [0.25, 0.3) is 0 Å². The van der Waals surface area contributed by atoms with Crippen LogP contribution in [-0.2, 0) is 5.33 Å². The lowest BCUT2D eigenvalue weighted by atomic mass is 10.1. The first-order valence-electron chi connectivity index (χ1n) is 5.76. The molecule has 21 heavy (non-hydrogen) atoms. The molecule has 0 aliphatic heterocycles. The molecule has 3 nitrogen and oxygen atoms in total. The third-order valence-electron chi connectivity index (χ3n) is 2.72. The van der Waals surface area contributed by atoms with Crippen molar-refractivity contribution in [2.45, 2.75) is 5.33 Å². The summed E-state index contributed by atoms with van der Waals surface area (Å²) in [5.74, 6) is -7.26. The van der Waals surface area contributed by atoms with Gasteiger partial charge < -0.3 is 10.4 Å². The Kier molecular flexibility index (Phi) is 4.52. The third-order valence-corrected chi connectivity index (χ3v) is 3.36. The minimum atomic E-state index is -1.73. The van der Waals surface area contributed by atoms with E-state index in [0.717, 1.165) is 5.56 Å². The average molecular weight is 360 g/mol. The second kappa shape index (κ2) is 6.17. The molecule has 0 fully saturated rings. The maximum Gasteiger partial charge on any atom is 0.258 e. The highest BCUT2D eigenvalue weighted by molar-refractivity contribution is 9.08. The number of anilines is 1. The molecule has 0 heterocycles. The number of hydrogen-bond donors (Lipinski definition) is 2. The normalized spacial score (nSPS) is 10.5. The van der Waals surface area contributed by atoms with Gasteiger partial charge in [0.2, 0.25) is 5.82 Å². The fourth-order valence-corrected chi connectivity index (χ4v) is 2.04. The molecular formula is C14H9BrF3NO2. The van der Waals surface area contributed by atoms with Gasteiger partial charge in [-0.25, -0.2) is 8.78 Å². The van der Waals surface area contributed by atoms with Gasteiger partial charge in [-0.3, -0.25) is 4.79 Å². The van der Waals surface area contributed by atoms with E-state index in [9.17, 15) is 18.0 Å². The molecule has 1 amide bonds. The number of alkyl halides is 1. The number of rotatable bonds is 3. The van der Waals surface area contributed by atoms with Crippen LogP contribution in [0.1, 0.15) is 15.9 Å². The minimum Gasteiger partial charge on any atom is -0.503 e. The minimum absolute atomic E-state index is 0.362. The Morgan fingerprint density at radius 1 is 1.19 bits per heavy atom. The van der Waals surface area contributed by atoms with Gasteiger partial charge in [0.05, 0.1) is 5.56 Å². The largest absolute Gasteiger partial charge is 0.503 e. The van der Waals surface area contributed by atoms with Crippen molar-refractivity contribution in [3.8, 4) is 5.75 Å². The van der Waals surface area contributed by atoms with E-state index in [1.165, 1.54) is 0 Å². The van der Waals surface area contributed by atoms with Crippen LogP contribution in [0.4, 0.5) is 18.9 Å². The van der Waals surface area contributed by atoms with Gasteiger partial charge in [-0.1, -0.05) is 28.1 Å². The number of nitrogens with one attached hydrogen (secondary N) is 1. The molecule has 0 radical (unpaired) electrons. The molecule has 2 aromatic carbocycles. The second-order valence-electron chi connectivity index (χ2n) is 4.17. The summed E-state index contributed by atoms with van der Waals surface area (Å²) in [6.45, 7) is 0. The molecule has 0 saturated carbocycles. The summed E-state index contributed by atoms with van der Waals surface area (Å²) in [6.07, 6.45) is 0. The summed E-state index contributed by atoms with van der Waals surface area (Å²) in [6, 6.07) is 7.06. The lowest BCUT2D eigenvalue weighted by molar-refractivity contribution is 0.102. The van der Waals surface area contributed by atoms with E-state index in [2.05, 4.69) is 21.2 Å². The molecule has 0 aliphatic rings. The first-order chi connectivity index (χ1) is 9.93. The molecule has 0 atom stereocenters. The zero-order valence-electron chi connectivity index (χ0n) is 10.5. The highest BCUT2D eigenvalue weighted by Crippen LogP contribution is 2.26. The zero-order chi connectivity index (χ0) is 15.6. The van der Waals surface area contributed by atoms with E-state index in [4.69, 9.17) is 5.11 Å². The van der Waals surface area contributed by atoms with Crippen LogP contribution >= 0.6 is 15.9 Å². The number of carbonyl (C=O) groups is 1. The number of amides is 1. The summed E-state index contributed by atoms with van der Waals surface area (Å²) in [5, 5.41) is 12.0. The Morgan fingerprint density at radius 2 is 1.90 bits per heavy atom. The number of halogens is 4. The number of hydrogen-bond acceptors (Lipinski definition) is 2. The van der Waals surface area contributed by atoms with Crippen molar-refractivity contribution in [3.05, 3.63) is 58.9 Å². The van der Waals surface area contributed by atoms with Crippen molar-refractivity contribution < 1.29 is 23.1 Å². The van der Waals surface area contributed by atoms with Gasteiger partial charge >= 0.3 is 0 Å². The lowest BCUT2D eigenvalue weighted by Crippen LogP contribution is -2.15. The van der Waals surface area contributed by atoms with Crippen molar-refractivity contribution in [1.29, 1.82) is 0 Å². The Bertz CT molecular complexity index is 707. The quantitative estimate of drug-likeness (QED) is 0.643. The number of phenolic OH excluding ortho intramolecular Hbond substituents is 1. The fraction of sp³-hybridized carbons (Fsp3) is 0.0714. The maximum absolute atomic E-state index is 13.6. The predicted molar refractivity (Wildman–Crippen MR) is 75.0 cm³/mol. The first kappa shape index (κ1) is 15.4. The number of aromatic hydroxyl groups is 1. The van der Waals surface area contributed by atoms with Crippen LogP contribution < -0.4 is 5.32 Å². The second-order valence-corrected chi connectivity index (χ2v) is 4.73. The molecule has 2 rings (SSSR count). The molecule has 7 heteroatoms. The lowest BCUT2D eigenvalue weighted by Gasteiger charge is -2.09. The number of carbonyl (C=O) groups excluding carboxylic acids is 1. The van der Waals surface area contributed by atoms with Crippen LogP contribution in [-0.4, -0.2) is 11.0 Å². The van der Waals surface area contributed by atoms with E-state index in [0.29, 0.717) is 17.1 Å². The maximum atomic E-state index is 13.6. The van der Waals surface area contributed by atoms with Crippen LogP contribution in [0.5, 0.6) is 5.75 Å². The zero-order valence-corrected chi connectivity index (χ0v) is 12.0. The molecule has 2 aromatic rings. The van der Waals surface area contributed by atoms with Crippen LogP contribution in [0, 0.1) is 17.5 Å². The topological polar surface area (TPSA) is 49.3 Å². The van der Waals surface area contributed by atoms with Gasteiger partial charge in [0, 0.05) is 11.0 Å². The Morgan fingerprint density at radius 3 is 2.57 bits per heavy atom. The summed E-state index contributed by atoms with van der Waals surface area (Å²) in [4.78, 5) is 11.9. The molecule has 0 saturated heterocycles. The smallest absolute Gasteiger partial charge is 0.258 e. The Labute approximate surface area is 126 Å². The highest BCUT2D eigenvalue weighted by atomic mass is 79.9. The van der Waals surface area contributed by atoms with Crippen LogP contribution in [0.15, 0.2) is 30.3 Å². The highest BCUT2D eigenvalue weighted by Gasteiger charge is 2.22. The summed E-state index contributed by atoms with van der Waals surface area (Å²) in [7, 11) is 0. The van der Waals surface area contributed by atoms with Gasteiger partial charge in [-0.15, -0.1) is 0 Å². The summed E-state index contributed by atoms with van der Waals surface area (Å²) in [5.41, 5.74) is 0.442. The van der Waals surface area contributed by atoms with Crippen molar-refractivity contribution in [2.75, 3.05) is 5.32 Å². The summed E-state index contributed by atoms with van der Waals surface area (Å²) >= 11 is 3.24. The number of phenols is 1. The van der Waals surface area contributed by atoms with E-state index in [1.54, 1.807) is 24.3 Å². The van der Waals surface area contributed by atoms with Gasteiger partial charge in [0.25, 0.3) is 5.91 Å². The van der Waals surface area contributed by atoms with Crippen molar-refractivity contribution in [2.24, 2.45) is 0 Å². The molecule has 2 N–H and O–H groups in total. The molecule has 0 bridgehead atoms. The average Bonchev–Trinajstić information content (AvgIpc) is 2.48. The van der Waals surface area contributed by atoms with Crippen LogP contribution in [0.2, 0.25) is 0 Å². The van der Waals surface area contributed by atoms with Crippen LogP contribution in [0.3, 0.4) is 0 Å². The van der Waals surface area contributed by atoms with Crippen molar-refractivity contribution in [1.82, 2.24) is 0 Å². The third kappa shape index (κ3) is 3.18. The van der Waals surface area contributed by atoms with Gasteiger partial charge in [-0.05, 0) is 23.8 Å². The van der Waals surface area contributed by atoms with Gasteiger partial charge in [-0.2, -0.15) is 4.39 Å². The van der Waals surface area contributed by atoms with E-state index in [-0.39, 0.29) is 0 Å². The molecule has 0 spiro atoms. The van der Waals surface area contributed by atoms with Gasteiger partial charge in [0.15, 0.2) is 17.4 Å². The predicted octanol–water partition coefficient (Wildman–Crippen LogP) is 3.96. The van der Waals surface area contributed by atoms with Gasteiger partial charge in [0.1, 0.15) is 0 Å². The molecule has 0 aliphatic carbocycles. The molecule has 0 aromatic heterocycles. The molecular weight excluding hydrogens is 351 g/mol. The molecule has 0 unspecified atom stereocenters. The SMILES string of the molecule is O=C(Nc1cccc(CBr)c1)c1cc(F)c(F)c(O)c1F. The van der Waals surface area contributed by atoms with E-state index >= 15 is 0 Å². The molecule has 110 valence electrons. The standard InChI is InChI=1S/C14H9BrF3NO2/c15-6-7-2-1-3-8(4-7)19-14(21)9-5-10(16)12(18)13(20)11(9)17/h1-5,20H,6H2,(H,19,21). The van der Waals surface area contributed by atoms with Crippen molar-refractivity contribution in [3.63, 3.8) is 0 Å². The fourth-order valence-electron chi connectivity index (χ4n) is 1.69. The number of benzene rings is 2.